The zero-order valence-electron chi connectivity index (χ0n) is 10.1. The van der Waals surface area contributed by atoms with Gasteiger partial charge in [-0.05, 0) is 43.5 Å². The van der Waals surface area contributed by atoms with E-state index in [0.29, 0.717) is 22.0 Å². The van der Waals surface area contributed by atoms with E-state index in [1.807, 2.05) is 25.2 Å². The first-order valence-corrected chi connectivity index (χ1v) is 6.41. The van der Waals surface area contributed by atoms with E-state index in [9.17, 15) is 0 Å². The average Bonchev–Trinajstić information content (AvgIpc) is 2.23. The van der Waals surface area contributed by atoms with E-state index < -0.39 is 0 Å². The quantitative estimate of drug-likeness (QED) is 0.837. The lowest BCUT2D eigenvalue weighted by Crippen LogP contribution is -2.30. The lowest BCUT2D eigenvalue weighted by atomic mass is 9.97. The maximum Gasteiger partial charge on any atom is 0.0595 e. The van der Waals surface area contributed by atoms with Crippen molar-refractivity contribution in [3.63, 3.8) is 0 Å². The van der Waals surface area contributed by atoms with E-state index in [1.54, 1.807) is 0 Å². The fourth-order valence-electron chi connectivity index (χ4n) is 1.83. The monoisotopic (exact) mass is 259 g/mol. The molecule has 0 saturated carbocycles. The van der Waals surface area contributed by atoms with Crippen LogP contribution in [0.5, 0.6) is 0 Å². The maximum atomic E-state index is 5.98. The molecule has 0 aliphatic heterocycles. The third-order valence-electron chi connectivity index (χ3n) is 2.90. The van der Waals surface area contributed by atoms with Crippen LogP contribution in [0.2, 0.25) is 10.0 Å². The first-order chi connectivity index (χ1) is 7.54. The average molecular weight is 260 g/mol. The van der Waals surface area contributed by atoms with Crippen molar-refractivity contribution in [3.05, 3.63) is 33.8 Å². The molecule has 1 N–H and O–H groups in total. The summed E-state index contributed by atoms with van der Waals surface area (Å²) >= 11 is 11.9. The van der Waals surface area contributed by atoms with Crippen molar-refractivity contribution in [2.45, 2.75) is 32.7 Å². The Bertz CT molecular complexity index is 337. The molecule has 1 nitrogen and oxygen atoms in total. The fraction of sp³-hybridized carbons (Fsp3) is 0.538. The van der Waals surface area contributed by atoms with Gasteiger partial charge >= 0.3 is 0 Å². The lowest BCUT2D eigenvalue weighted by molar-refractivity contribution is 0.403. The molecule has 1 aromatic carbocycles. The summed E-state index contributed by atoms with van der Waals surface area (Å²) < 4.78 is 0. The Balaban J connectivity index is 2.57. The molecule has 3 heteroatoms. The third-order valence-corrected chi connectivity index (χ3v) is 3.64. The van der Waals surface area contributed by atoms with Gasteiger partial charge in [-0.1, -0.05) is 43.1 Å². The van der Waals surface area contributed by atoms with Crippen LogP contribution in [0.1, 0.15) is 25.8 Å². The standard InChI is InChI=1S/C13H19Cl2N/c1-9(2)13(16-3)7-5-10-4-6-11(14)12(15)8-10/h4,6,8-9,13,16H,5,7H2,1-3H3. The highest BCUT2D eigenvalue weighted by Gasteiger charge is 2.10. The Labute approximate surface area is 108 Å². The Morgan fingerprint density at radius 3 is 2.38 bits per heavy atom. The highest BCUT2D eigenvalue weighted by atomic mass is 35.5. The van der Waals surface area contributed by atoms with Gasteiger partial charge in [0.25, 0.3) is 0 Å². The minimum atomic E-state index is 0.550. The van der Waals surface area contributed by atoms with Crippen LogP contribution >= 0.6 is 23.2 Å². The molecule has 0 heterocycles. The molecule has 0 spiro atoms. The second-order valence-electron chi connectivity index (χ2n) is 4.43. The summed E-state index contributed by atoms with van der Waals surface area (Å²) in [5.74, 6) is 0.646. The number of benzene rings is 1. The molecule has 1 unspecified atom stereocenters. The number of rotatable bonds is 5. The molecule has 0 amide bonds. The molecule has 0 aliphatic carbocycles. The summed E-state index contributed by atoms with van der Waals surface area (Å²) in [6.45, 7) is 4.46. The van der Waals surface area contributed by atoms with Crippen molar-refractivity contribution in [1.29, 1.82) is 0 Å². The van der Waals surface area contributed by atoms with Crippen LogP contribution in [0, 0.1) is 5.92 Å². The topological polar surface area (TPSA) is 12.0 Å². The molecule has 0 aromatic heterocycles. The van der Waals surface area contributed by atoms with Gasteiger partial charge in [0.15, 0.2) is 0 Å². The van der Waals surface area contributed by atoms with Crippen molar-refractivity contribution in [3.8, 4) is 0 Å². The van der Waals surface area contributed by atoms with Crippen LogP contribution in [0.4, 0.5) is 0 Å². The molecule has 0 radical (unpaired) electrons. The molecule has 90 valence electrons. The molecule has 0 bridgehead atoms. The van der Waals surface area contributed by atoms with Crippen molar-refractivity contribution in [2.75, 3.05) is 7.05 Å². The second-order valence-corrected chi connectivity index (χ2v) is 5.24. The maximum absolute atomic E-state index is 5.98. The zero-order valence-corrected chi connectivity index (χ0v) is 11.6. The number of aryl methyl sites for hydroxylation is 1. The van der Waals surface area contributed by atoms with Gasteiger partial charge in [0.2, 0.25) is 0 Å². The van der Waals surface area contributed by atoms with Crippen LogP contribution in [0.15, 0.2) is 18.2 Å². The highest BCUT2D eigenvalue weighted by molar-refractivity contribution is 6.42. The van der Waals surface area contributed by atoms with Gasteiger partial charge in [0.1, 0.15) is 0 Å². The molecule has 0 fully saturated rings. The van der Waals surface area contributed by atoms with Crippen LogP contribution in [-0.4, -0.2) is 13.1 Å². The largest absolute Gasteiger partial charge is 0.317 e. The molecule has 0 saturated heterocycles. The van der Waals surface area contributed by atoms with Gasteiger partial charge in [-0.3, -0.25) is 0 Å². The third kappa shape index (κ3) is 3.97. The normalized spacial score (nSPS) is 13.1. The van der Waals surface area contributed by atoms with Crippen molar-refractivity contribution in [2.24, 2.45) is 5.92 Å². The van der Waals surface area contributed by atoms with Crippen LogP contribution in [0.25, 0.3) is 0 Å². The van der Waals surface area contributed by atoms with E-state index in [4.69, 9.17) is 23.2 Å². The minimum Gasteiger partial charge on any atom is -0.317 e. The first-order valence-electron chi connectivity index (χ1n) is 5.65. The SMILES string of the molecule is CNC(CCc1ccc(Cl)c(Cl)c1)C(C)C. The Hall–Kier alpha value is -0.240. The number of hydrogen-bond donors (Lipinski definition) is 1. The predicted octanol–water partition coefficient (Wildman–Crippen LogP) is 4.17. The molecule has 1 rings (SSSR count). The van der Waals surface area contributed by atoms with Gasteiger partial charge in [-0.25, -0.2) is 0 Å². The molecule has 1 aromatic rings. The van der Waals surface area contributed by atoms with Gasteiger partial charge in [-0.15, -0.1) is 0 Å². The number of hydrogen-bond acceptors (Lipinski definition) is 1. The van der Waals surface area contributed by atoms with Crippen LogP contribution in [-0.2, 0) is 6.42 Å². The Morgan fingerprint density at radius 1 is 1.19 bits per heavy atom. The van der Waals surface area contributed by atoms with Crippen molar-refractivity contribution in [1.82, 2.24) is 5.32 Å². The smallest absolute Gasteiger partial charge is 0.0595 e. The second kappa shape index (κ2) is 6.48. The Kier molecular flexibility index (Phi) is 5.60. The summed E-state index contributed by atoms with van der Waals surface area (Å²) in [6, 6.07) is 6.41. The molecular weight excluding hydrogens is 241 g/mol. The summed E-state index contributed by atoms with van der Waals surface area (Å²) in [7, 11) is 2.01. The van der Waals surface area contributed by atoms with Crippen molar-refractivity contribution >= 4 is 23.2 Å². The van der Waals surface area contributed by atoms with Gasteiger partial charge < -0.3 is 5.32 Å². The lowest BCUT2D eigenvalue weighted by Gasteiger charge is -2.20. The Morgan fingerprint density at radius 2 is 1.88 bits per heavy atom. The fourth-order valence-corrected chi connectivity index (χ4v) is 2.15. The highest BCUT2D eigenvalue weighted by Crippen LogP contribution is 2.23. The zero-order chi connectivity index (χ0) is 12.1. The van der Waals surface area contributed by atoms with Crippen LogP contribution in [0.3, 0.4) is 0 Å². The van der Waals surface area contributed by atoms with E-state index in [0.717, 1.165) is 12.8 Å². The number of halogens is 2. The van der Waals surface area contributed by atoms with E-state index in [-0.39, 0.29) is 0 Å². The van der Waals surface area contributed by atoms with Crippen LogP contribution < -0.4 is 5.32 Å². The van der Waals surface area contributed by atoms with E-state index in [2.05, 4.69) is 19.2 Å². The summed E-state index contributed by atoms with van der Waals surface area (Å²) in [5, 5.41) is 4.61. The first kappa shape index (κ1) is 13.8. The molecule has 1 atom stereocenters. The predicted molar refractivity (Wildman–Crippen MR) is 72.5 cm³/mol. The number of nitrogens with one attached hydrogen (secondary N) is 1. The van der Waals surface area contributed by atoms with Gasteiger partial charge in [-0.2, -0.15) is 0 Å². The van der Waals surface area contributed by atoms with Crippen molar-refractivity contribution < 1.29 is 0 Å². The van der Waals surface area contributed by atoms with Gasteiger partial charge in [0, 0.05) is 6.04 Å². The molecule has 16 heavy (non-hydrogen) atoms. The van der Waals surface area contributed by atoms with E-state index >= 15 is 0 Å². The minimum absolute atomic E-state index is 0.550. The summed E-state index contributed by atoms with van der Waals surface area (Å²) in [4.78, 5) is 0. The van der Waals surface area contributed by atoms with Gasteiger partial charge in [0.05, 0.1) is 10.0 Å². The molecular formula is C13H19Cl2N. The van der Waals surface area contributed by atoms with E-state index in [1.165, 1.54) is 5.56 Å². The summed E-state index contributed by atoms with van der Waals surface area (Å²) in [5.41, 5.74) is 1.25. The molecule has 0 aliphatic rings. The summed E-state index contributed by atoms with van der Waals surface area (Å²) in [6.07, 6.45) is 2.15.